The topological polar surface area (TPSA) is 96.3 Å². The molecule has 1 fully saturated rings. The van der Waals surface area contributed by atoms with E-state index in [0.717, 1.165) is 18.5 Å². The zero-order chi connectivity index (χ0) is 15.4. The zero-order valence-corrected chi connectivity index (χ0v) is 12.4. The van der Waals surface area contributed by atoms with Crippen molar-refractivity contribution in [2.24, 2.45) is 7.05 Å². The Kier molecular flexibility index (Phi) is 4.95. The fourth-order valence-corrected chi connectivity index (χ4v) is 2.64. The molecule has 7 nitrogen and oxygen atoms in total. The third-order valence-electron chi connectivity index (χ3n) is 3.70. The molecular formula is C14H22N4O3. The van der Waals surface area contributed by atoms with Crippen LogP contribution in [0, 0.1) is 0 Å². The molecule has 1 atom stereocenters. The Morgan fingerprint density at radius 3 is 2.71 bits per heavy atom. The summed E-state index contributed by atoms with van der Waals surface area (Å²) in [7, 11) is 1.84. The molecule has 0 bridgehead atoms. The van der Waals surface area contributed by atoms with E-state index in [1.165, 1.54) is 19.8 Å². The van der Waals surface area contributed by atoms with Gasteiger partial charge >= 0.3 is 11.8 Å². The van der Waals surface area contributed by atoms with E-state index in [1.807, 2.05) is 13.1 Å². The van der Waals surface area contributed by atoms with Crippen LogP contribution in [-0.2, 0) is 16.6 Å². The molecule has 2 amide bonds. The number of anilines is 1. The molecule has 7 heteroatoms. The predicted molar refractivity (Wildman–Crippen MR) is 77.7 cm³/mol. The summed E-state index contributed by atoms with van der Waals surface area (Å²) >= 11 is 0. The van der Waals surface area contributed by atoms with Crippen molar-refractivity contribution in [1.29, 1.82) is 0 Å². The number of hydrogen-bond donors (Lipinski definition) is 3. The van der Waals surface area contributed by atoms with Crippen molar-refractivity contribution in [2.45, 2.75) is 44.6 Å². The van der Waals surface area contributed by atoms with Crippen LogP contribution in [-0.4, -0.2) is 39.4 Å². The van der Waals surface area contributed by atoms with Gasteiger partial charge in [0.1, 0.15) is 0 Å². The predicted octanol–water partition coefficient (Wildman–Crippen LogP) is 0.513. The van der Waals surface area contributed by atoms with Crippen LogP contribution in [0.1, 0.15) is 44.2 Å². The van der Waals surface area contributed by atoms with Crippen LogP contribution in [0.4, 0.5) is 5.82 Å². The number of nitrogens with zero attached hydrogens (tertiary/aromatic N) is 2. The van der Waals surface area contributed by atoms with Gasteiger partial charge in [-0.15, -0.1) is 0 Å². The minimum atomic E-state index is -0.774. The summed E-state index contributed by atoms with van der Waals surface area (Å²) in [6.07, 6.45) is 4.04. The molecule has 0 aromatic carbocycles. The van der Waals surface area contributed by atoms with E-state index in [0.29, 0.717) is 11.7 Å². The highest BCUT2D eigenvalue weighted by atomic mass is 16.3. The lowest BCUT2D eigenvalue weighted by atomic mass is 10.0. The summed E-state index contributed by atoms with van der Waals surface area (Å²) in [6.45, 7) is 1.58. The summed E-state index contributed by atoms with van der Waals surface area (Å²) in [5.74, 6) is -0.676. The zero-order valence-electron chi connectivity index (χ0n) is 12.4. The second kappa shape index (κ2) is 6.71. The molecule has 21 heavy (non-hydrogen) atoms. The molecule has 1 aliphatic rings. The van der Waals surface area contributed by atoms with Crippen molar-refractivity contribution in [3.63, 3.8) is 0 Å². The number of hydrogen-bond acceptors (Lipinski definition) is 4. The van der Waals surface area contributed by atoms with Gasteiger partial charge in [0.05, 0.1) is 6.10 Å². The van der Waals surface area contributed by atoms with Crippen molar-refractivity contribution >= 4 is 17.6 Å². The highest BCUT2D eigenvalue weighted by molar-refractivity contribution is 6.39. The molecule has 2 rings (SSSR count). The van der Waals surface area contributed by atoms with Crippen LogP contribution in [0.2, 0.25) is 0 Å². The van der Waals surface area contributed by atoms with E-state index in [1.54, 1.807) is 4.68 Å². The van der Waals surface area contributed by atoms with Crippen LogP contribution in [0.3, 0.4) is 0 Å². The van der Waals surface area contributed by atoms with E-state index < -0.39 is 17.9 Å². The Morgan fingerprint density at radius 1 is 1.43 bits per heavy atom. The Hall–Kier alpha value is -1.89. The first-order valence-electron chi connectivity index (χ1n) is 7.28. The Balaban J connectivity index is 1.95. The molecule has 0 spiro atoms. The average molecular weight is 294 g/mol. The Labute approximate surface area is 123 Å². The second-order valence-corrected chi connectivity index (χ2v) is 5.57. The quantitative estimate of drug-likeness (QED) is 0.705. The van der Waals surface area contributed by atoms with Gasteiger partial charge in [-0.05, 0) is 19.8 Å². The van der Waals surface area contributed by atoms with Crippen LogP contribution in [0.25, 0.3) is 0 Å². The lowest BCUT2D eigenvalue weighted by molar-refractivity contribution is -0.136. The maximum Gasteiger partial charge on any atom is 0.314 e. The minimum Gasteiger partial charge on any atom is -0.392 e. The van der Waals surface area contributed by atoms with Crippen LogP contribution < -0.4 is 10.6 Å². The van der Waals surface area contributed by atoms with Gasteiger partial charge in [-0.1, -0.05) is 12.8 Å². The summed E-state index contributed by atoms with van der Waals surface area (Å²) in [5.41, 5.74) is 1.09. The van der Waals surface area contributed by atoms with Crippen LogP contribution in [0.15, 0.2) is 6.07 Å². The van der Waals surface area contributed by atoms with Gasteiger partial charge in [-0.25, -0.2) is 0 Å². The number of aliphatic hydroxyl groups excluding tert-OH is 1. The number of amides is 2. The van der Waals surface area contributed by atoms with E-state index in [4.69, 9.17) is 5.11 Å². The average Bonchev–Trinajstić information content (AvgIpc) is 3.05. The number of aryl methyl sites for hydroxylation is 1. The number of carbonyl (C=O) groups is 2. The van der Waals surface area contributed by atoms with Crippen molar-refractivity contribution in [3.05, 3.63) is 11.8 Å². The fraction of sp³-hybridized carbons (Fsp3) is 0.643. The molecule has 0 saturated heterocycles. The first-order chi connectivity index (χ1) is 9.97. The van der Waals surface area contributed by atoms with Crippen molar-refractivity contribution in [2.75, 3.05) is 11.9 Å². The molecular weight excluding hydrogens is 272 g/mol. The molecule has 1 aliphatic carbocycles. The van der Waals surface area contributed by atoms with Crippen molar-refractivity contribution in [1.82, 2.24) is 15.1 Å². The lowest BCUT2D eigenvalue weighted by Crippen LogP contribution is -2.38. The highest BCUT2D eigenvalue weighted by Gasteiger charge is 2.22. The molecule has 1 aromatic heterocycles. The summed E-state index contributed by atoms with van der Waals surface area (Å²) in [4.78, 5) is 23.2. The Morgan fingerprint density at radius 2 is 2.10 bits per heavy atom. The standard InChI is InChI=1S/C14H22N4O3/c1-9(19)8-15-13(20)14(21)16-12-7-11(18(2)17-12)10-5-3-4-6-10/h7,9-10,19H,3-6,8H2,1-2H3,(H,15,20)(H,16,17,21)/t9-/m1/s1. The van der Waals surface area contributed by atoms with Crippen LogP contribution in [0.5, 0.6) is 0 Å². The van der Waals surface area contributed by atoms with Gasteiger partial charge in [0.2, 0.25) is 0 Å². The summed E-state index contributed by atoms with van der Waals surface area (Å²) in [5, 5.41) is 18.1. The first kappa shape index (κ1) is 15.5. The molecule has 1 heterocycles. The number of aliphatic hydroxyl groups is 1. The molecule has 1 aromatic rings. The third kappa shape index (κ3) is 4.04. The van der Waals surface area contributed by atoms with E-state index >= 15 is 0 Å². The molecule has 0 unspecified atom stereocenters. The van der Waals surface area contributed by atoms with Crippen LogP contribution >= 0.6 is 0 Å². The number of nitrogens with one attached hydrogen (secondary N) is 2. The maximum atomic E-state index is 11.7. The third-order valence-corrected chi connectivity index (χ3v) is 3.70. The second-order valence-electron chi connectivity index (χ2n) is 5.57. The van der Waals surface area contributed by atoms with Gasteiger partial charge < -0.3 is 15.7 Å². The summed E-state index contributed by atoms with van der Waals surface area (Å²) in [6, 6.07) is 1.83. The molecule has 0 aliphatic heterocycles. The van der Waals surface area contributed by atoms with Gasteiger partial charge in [-0.2, -0.15) is 5.10 Å². The van der Waals surface area contributed by atoms with Gasteiger partial charge in [0, 0.05) is 31.3 Å². The lowest BCUT2D eigenvalue weighted by Gasteiger charge is -2.07. The van der Waals surface area contributed by atoms with E-state index in [2.05, 4.69) is 15.7 Å². The smallest absolute Gasteiger partial charge is 0.314 e. The van der Waals surface area contributed by atoms with E-state index in [-0.39, 0.29) is 6.54 Å². The Bertz CT molecular complexity index is 518. The largest absolute Gasteiger partial charge is 0.392 e. The molecule has 1 saturated carbocycles. The monoisotopic (exact) mass is 294 g/mol. The number of rotatable bonds is 4. The molecule has 116 valence electrons. The maximum absolute atomic E-state index is 11.7. The highest BCUT2D eigenvalue weighted by Crippen LogP contribution is 2.34. The molecule has 3 N–H and O–H groups in total. The SMILES string of the molecule is C[C@@H](O)CNC(=O)C(=O)Nc1cc(C2CCCC2)n(C)n1. The fourth-order valence-electron chi connectivity index (χ4n) is 2.64. The number of aromatic nitrogens is 2. The van der Waals surface area contributed by atoms with Crippen molar-refractivity contribution < 1.29 is 14.7 Å². The normalized spacial score (nSPS) is 16.7. The van der Waals surface area contributed by atoms with Gasteiger partial charge in [-0.3, -0.25) is 14.3 Å². The van der Waals surface area contributed by atoms with Gasteiger partial charge in [0.15, 0.2) is 5.82 Å². The first-order valence-corrected chi connectivity index (χ1v) is 7.28. The molecule has 0 radical (unpaired) electrons. The summed E-state index contributed by atoms with van der Waals surface area (Å²) < 4.78 is 1.76. The van der Waals surface area contributed by atoms with E-state index in [9.17, 15) is 9.59 Å². The van der Waals surface area contributed by atoms with Gasteiger partial charge in [0.25, 0.3) is 0 Å². The van der Waals surface area contributed by atoms with Crippen molar-refractivity contribution in [3.8, 4) is 0 Å². The minimum absolute atomic E-state index is 0.0434. The number of carbonyl (C=O) groups excluding carboxylic acids is 2.